The SMILES string of the molecule is CC(C)C[C@H](C(=O)NCC[NH+](C)C)N1C(=O)CS[C@@H]1c1cccc(F)c1. The van der Waals surface area contributed by atoms with Gasteiger partial charge in [0, 0.05) is 0 Å². The lowest BCUT2D eigenvalue weighted by atomic mass is 10.0. The zero-order valence-electron chi connectivity index (χ0n) is 15.9. The molecule has 1 aromatic rings. The maximum Gasteiger partial charge on any atom is 0.243 e. The molecule has 0 saturated carbocycles. The number of amides is 2. The van der Waals surface area contributed by atoms with E-state index in [4.69, 9.17) is 0 Å². The molecule has 0 aromatic heterocycles. The van der Waals surface area contributed by atoms with Crippen LogP contribution in [0.4, 0.5) is 4.39 Å². The third kappa shape index (κ3) is 5.45. The number of nitrogens with zero attached hydrogens (tertiary/aromatic N) is 1. The van der Waals surface area contributed by atoms with Crippen LogP contribution in [0.25, 0.3) is 0 Å². The van der Waals surface area contributed by atoms with Gasteiger partial charge in [0.25, 0.3) is 0 Å². The van der Waals surface area contributed by atoms with Crippen molar-refractivity contribution in [3.05, 3.63) is 35.6 Å². The van der Waals surface area contributed by atoms with Crippen LogP contribution in [0.2, 0.25) is 0 Å². The Labute approximate surface area is 159 Å². The van der Waals surface area contributed by atoms with Gasteiger partial charge in [-0.1, -0.05) is 26.0 Å². The number of hydrogen-bond donors (Lipinski definition) is 2. The van der Waals surface area contributed by atoms with Gasteiger partial charge in [0.2, 0.25) is 11.8 Å². The molecule has 1 fully saturated rings. The Kier molecular flexibility index (Phi) is 7.46. The number of carbonyl (C=O) groups is 2. The molecule has 1 heterocycles. The van der Waals surface area contributed by atoms with Crippen LogP contribution in [0.5, 0.6) is 0 Å². The smallest absolute Gasteiger partial charge is 0.243 e. The molecule has 2 amide bonds. The fourth-order valence-corrected chi connectivity index (χ4v) is 4.25. The van der Waals surface area contributed by atoms with Crippen LogP contribution in [-0.2, 0) is 9.59 Å². The molecule has 2 atom stereocenters. The standard InChI is InChI=1S/C19H28FN3O2S/c1-13(2)10-16(18(25)21-8-9-22(3)4)23-17(24)12-26-19(23)14-6-5-7-15(20)11-14/h5-7,11,13,16,19H,8-10,12H2,1-4H3,(H,21,25)/p+1/t16-,19-/m1/s1. The van der Waals surface area contributed by atoms with Crippen molar-refractivity contribution in [2.75, 3.05) is 32.9 Å². The summed E-state index contributed by atoms with van der Waals surface area (Å²) in [6.07, 6.45) is 0.582. The highest BCUT2D eigenvalue weighted by atomic mass is 32.2. The minimum absolute atomic E-state index is 0.0664. The first kappa shape index (κ1) is 20.7. The van der Waals surface area contributed by atoms with Crippen LogP contribution in [0.3, 0.4) is 0 Å². The Morgan fingerprint density at radius 2 is 2.15 bits per heavy atom. The average molecular weight is 383 g/mol. The predicted octanol–water partition coefficient (Wildman–Crippen LogP) is 1.08. The van der Waals surface area contributed by atoms with E-state index >= 15 is 0 Å². The molecule has 0 spiro atoms. The zero-order chi connectivity index (χ0) is 19.3. The van der Waals surface area contributed by atoms with Crippen LogP contribution in [0.1, 0.15) is 31.2 Å². The predicted molar refractivity (Wildman–Crippen MR) is 102 cm³/mol. The number of thioether (sulfide) groups is 1. The Bertz CT molecular complexity index is 639. The molecule has 1 aliphatic heterocycles. The number of likely N-dealkylation sites (N-methyl/N-ethyl adjacent to an activating group) is 1. The van der Waals surface area contributed by atoms with Gasteiger partial charge in [-0.3, -0.25) is 9.59 Å². The normalized spacial score (nSPS) is 18.7. The average Bonchev–Trinajstić information content (AvgIpc) is 2.93. The lowest BCUT2D eigenvalue weighted by Gasteiger charge is -2.33. The molecule has 0 unspecified atom stereocenters. The van der Waals surface area contributed by atoms with Crippen LogP contribution in [0, 0.1) is 11.7 Å². The van der Waals surface area contributed by atoms with Gasteiger partial charge >= 0.3 is 0 Å². The van der Waals surface area contributed by atoms with Crippen LogP contribution < -0.4 is 10.2 Å². The Morgan fingerprint density at radius 3 is 2.77 bits per heavy atom. The highest BCUT2D eigenvalue weighted by molar-refractivity contribution is 8.00. The van der Waals surface area contributed by atoms with Gasteiger partial charge in [-0.25, -0.2) is 4.39 Å². The highest BCUT2D eigenvalue weighted by Crippen LogP contribution is 2.41. The minimum atomic E-state index is -0.539. The van der Waals surface area contributed by atoms with Gasteiger partial charge in [-0.15, -0.1) is 11.8 Å². The zero-order valence-corrected chi connectivity index (χ0v) is 16.7. The van der Waals surface area contributed by atoms with Crippen molar-refractivity contribution in [1.29, 1.82) is 0 Å². The maximum atomic E-state index is 13.7. The van der Waals surface area contributed by atoms with E-state index in [1.54, 1.807) is 11.0 Å². The minimum Gasteiger partial charge on any atom is -0.349 e. The summed E-state index contributed by atoms with van der Waals surface area (Å²) in [7, 11) is 4.05. The fraction of sp³-hybridized carbons (Fsp3) is 0.579. The number of nitrogens with one attached hydrogen (secondary N) is 2. The van der Waals surface area contributed by atoms with Crippen LogP contribution in [-0.4, -0.2) is 55.7 Å². The Balaban J connectivity index is 2.22. The maximum absolute atomic E-state index is 13.7. The number of hydrogen-bond acceptors (Lipinski definition) is 3. The molecule has 2 rings (SSSR count). The molecular weight excluding hydrogens is 353 g/mol. The molecule has 1 aliphatic rings. The molecule has 144 valence electrons. The molecule has 0 aliphatic carbocycles. The van der Waals surface area contributed by atoms with E-state index in [9.17, 15) is 14.0 Å². The lowest BCUT2D eigenvalue weighted by molar-refractivity contribution is -0.856. The van der Waals surface area contributed by atoms with Crippen LogP contribution >= 0.6 is 11.8 Å². The quantitative estimate of drug-likeness (QED) is 0.707. The first-order valence-electron chi connectivity index (χ1n) is 9.04. The lowest BCUT2D eigenvalue weighted by Crippen LogP contribution is -3.06. The topological polar surface area (TPSA) is 53.9 Å². The molecule has 1 saturated heterocycles. The molecule has 0 radical (unpaired) electrons. The molecule has 26 heavy (non-hydrogen) atoms. The van der Waals surface area contributed by atoms with Crippen molar-refractivity contribution in [1.82, 2.24) is 10.2 Å². The molecular formula is C19H29FN3O2S+. The first-order valence-corrected chi connectivity index (χ1v) is 10.1. The van der Waals surface area contributed by atoms with E-state index in [0.29, 0.717) is 18.7 Å². The van der Waals surface area contributed by atoms with E-state index in [2.05, 4.69) is 5.32 Å². The van der Waals surface area contributed by atoms with Crippen molar-refractivity contribution < 1.29 is 18.9 Å². The number of carbonyl (C=O) groups excluding carboxylic acids is 2. The molecule has 5 nitrogen and oxygen atoms in total. The van der Waals surface area contributed by atoms with Crippen molar-refractivity contribution in [3.63, 3.8) is 0 Å². The second-order valence-corrected chi connectivity index (χ2v) is 8.48. The fourth-order valence-electron chi connectivity index (χ4n) is 3.04. The second kappa shape index (κ2) is 9.37. The van der Waals surface area contributed by atoms with Gasteiger partial charge in [0.15, 0.2) is 0 Å². The van der Waals surface area contributed by atoms with Crippen molar-refractivity contribution in [2.45, 2.75) is 31.7 Å². The summed E-state index contributed by atoms with van der Waals surface area (Å²) < 4.78 is 13.7. The first-order chi connectivity index (χ1) is 12.3. The number of quaternary nitrogens is 1. The summed E-state index contributed by atoms with van der Waals surface area (Å²) in [5, 5.41) is 2.64. The van der Waals surface area contributed by atoms with Crippen molar-refractivity contribution in [2.24, 2.45) is 5.92 Å². The summed E-state index contributed by atoms with van der Waals surface area (Å²) in [6.45, 7) is 5.45. The van der Waals surface area contributed by atoms with E-state index < -0.39 is 6.04 Å². The highest BCUT2D eigenvalue weighted by Gasteiger charge is 2.41. The summed E-state index contributed by atoms with van der Waals surface area (Å²) in [4.78, 5) is 28.3. The molecule has 2 N–H and O–H groups in total. The molecule has 1 aromatic carbocycles. The van der Waals surface area contributed by atoms with Gasteiger partial charge in [0.05, 0.1) is 32.9 Å². The van der Waals surface area contributed by atoms with Gasteiger partial charge in [-0.05, 0) is 30.0 Å². The van der Waals surface area contributed by atoms with Gasteiger partial charge in [0.1, 0.15) is 17.2 Å². The summed E-state index contributed by atoms with van der Waals surface area (Å²) in [5.41, 5.74) is 0.722. The van der Waals surface area contributed by atoms with Gasteiger partial charge < -0.3 is 15.1 Å². The monoisotopic (exact) mass is 382 g/mol. The molecule has 7 heteroatoms. The van der Waals surface area contributed by atoms with E-state index in [0.717, 1.165) is 12.1 Å². The third-order valence-corrected chi connectivity index (χ3v) is 5.53. The Morgan fingerprint density at radius 1 is 1.42 bits per heavy atom. The van der Waals surface area contributed by atoms with E-state index in [1.807, 2.05) is 34.0 Å². The summed E-state index contributed by atoms with van der Waals surface area (Å²) >= 11 is 1.45. The summed E-state index contributed by atoms with van der Waals surface area (Å²) in [6, 6.07) is 5.75. The summed E-state index contributed by atoms with van der Waals surface area (Å²) in [5.74, 6) is 0.0451. The number of halogens is 1. The number of benzene rings is 1. The van der Waals surface area contributed by atoms with E-state index in [1.165, 1.54) is 28.8 Å². The largest absolute Gasteiger partial charge is 0.349 e. The van der Waals surface area contributed by atoms with Crippen LogP contribution in [0.15, 0.2) is 24.3 Å². The Hall–Kier alpha value is -1.60. The third-order valence-electron chi connectivity index (χ3n) is 4.30. The van der Waals surface area contributed by atoms with E-state index in [-0.39, 0.29) is 28.9 Å². The van der Waals surface area contributed by atoms with Gasteiger partial charge in [-0.2, -0.15) is 0 Å². The number of rotatable bonds is 8. The second-order valence-electron chi connectivity index (χ2n) is 7.41. The van der Waals surface area contributed by atoms with Crippen molar-refractivity contribution >= 4 is 23.6 Å². The van der Waals surface area contributed by atoms with Crippen molar-refractivity contribution in [3.8, 4) is 0 Å². The molecule has 0 bridgehead atoms.